The van der Waals surface area contributed by atoms with Gasteiger partial charge in [0.1, 0.15) is 0 Å². The van der Waals surface area contributed by atoms with Crippen LogP contribution in [-0.2, 0) is 0 Å². The fraction of sp³-hybridized carbons (Fsp3) is 0.267. The van der Waals surface area contributed by atoms with Crippen LogP contribution in [0.4, 0.5) is 8.78 Å². The molecule has 106 valence electrons. The Hall–Kier alpha value is -1.33. The predicted octanol–water partition coefficient (Wildman–Crippen LogP) is 4.21. The molecule has 0 fully saturated rings. The summed E-state index contributed by atoms with van der Waals surface area (Å²) >= 11 is 3.37. The van der Waals surface area contributed by atoms with Gasteiger partial charge in [0.2, 0.25) is 0 Å². The van der Waals surface area contributed by atoms with E-state index < -0.39 is 11.6 Å². The molecule has 0 aliphatic rings. The minimum atomic E-state index is -0.839. The first kappa shape index (κ1) is 15.1. The molecular formula is C15H15BrF2N2. The molecule has 0 saturated carbocycles. The number of nitrogens with zero attached hydrogens (tertiary/aromatic N) is 1. The van der Waals surface area contributed by atoms with E-state index >= 15 is 0 Å². The standard InChI is InChI=1S/C15H15BrF2N2/c1-2-5-20-15(11-6-12(16)9-19-8-11)10-3-4-13(17)14(18)7-10/h3-4,6-9,15,20H,2,5H2,1H3. The maximum absolute atomic E-state index is 13.4. The first-order valence-electron chi connectivity index (χ1n) is 6.40. The van der Waals surface area contributed by atoms with Gasteiger partial charge in [0.15, 0.2) is 11.6 Å². The van der Waals surface area contributed by atoms with Gasteiger partial charge in [-0.3, -0.25) is 4.98 Å². The van der Waals surface area contributed by atoms with Crippen LogP contribution >= 0.6 is 15.9 Å². The van der Waals surface area contributed by atoms with Crippen LogP contribution in [0.25, 0.3) is 0 Å². The summed E-state index contributed by atoms with van der Waals surface area (Å²) in [6.45, 7) is 2.82. The summed E-state index contributed by atoms with van der Waals surface area (Å²) in [7, 11) is 0. The summed E-state index contributed by atoms with van der Waals surface area (Å²) in [5.41, 5.74) is 1.58. The minimum absolute atomic E-state index is 0.213. The molecule has 0 aliphatic carbocycles. The highest BCUT2D eigenvalue weighted by molar-refractivity contribution is 9.10. The first-order chi connectivity index (χ1) is 9.61. The van der Waals surface area contributed by atoms with Gasteiger partial charge in [-0.05, 0) is 58.2 Å². The Morgan fingerprint density at radius 1 is 1.15 bits per heavy atom. The number of halogens is 3. The van der Waals surface area contributed by atoms with Gasteiger partial charge >= 0.3 is 0 Å². The Balaban J connectivity index is 2.38. The van der Waals surface area contributed by atoms with Crippen molar-refractivity contribution >= 4 is 15.9 Å². The lowest BCUT2D eigenvalue weighted by molar-refractivity contribution is 0.503. The molecule has 1 N–H and O–H groups in total. The van der Waals surface area contributed by atoms with E-state index in [1.54, 1.807) is 18.5 Å². The number of rotatable bonds is 5. The molecule has 20 heavy (non-hydrogen) atoms. The van der Waals surface area contributed by atoms with Gasteiger partial charge in [-0.25, -0.2) is 8.78 Å². The molecule has 0 radical (unpaired) electrons. The van der Waals surface area contributed by atoms with Crippen LogP contribution in [0.2, 0.25) is 0 Å². The monoisotopic (exact) mass is 340 g/mol. The van der Waals surface area contributed by atoms with Gasteiger partial charge in [0.25, 0.3) is 0 Å². The van der Waals surface area contributed by atoms with Gasteiger partial charge in [-0.1, -0.05) is 13.0 Å². The van der Waals surface area contributed by atoms with E-state index in [4.69, 9.17) is 0 Å². The molecule has 1 unspecified atom stereocenters. The van der Waals surface area contributed by atoms with Crippen LogP contribution in [0.5, 0.6) is 0 Å². The van der Waals surface area contributed by atoms with Crippen molar-refractivity contribution in [2.24, 2.45) is 0 Å². The van der Waals surface area contributed by atoms with E-state index in [9.17, 15) is 8.78 Å². The molecule has 0 saturated heterocycles. The van der Waals surface area contributed by atoms with E-state index in [0.29, 0.717) is 5.56 Å². The van der Waals surface area contributed by atoms with Crippen LogP contribution in [0.15, 0.2) is 41.1 Å². The molecule has 0 bridgehead atoms. The zero-order valence-electron chi connectivity index (χ0n) is 11.0. The summed E-state index contributed by atoms with van der Waals surface area (Å²) in [4.78, 5) is 4.12. The lowest BCUT2D eigenvalue weighted by Crippen LogP contribution is -2.23. The Morgan fingerprint density at radius 2 is 1.95 bits per heavy atom. The van der Waals surface area contributed by atoms with Gasteiger partial charge in [0, 0.05) is 16.9 Å². The highest BCUT2D eigenvalue weighted by Gasteiger charge is 2.16. The van der Waals surface area contributed by atoms with Crippen molar-refractivity contribution in [1.29, 1.82) is 0 Å². The summed E-state index contributed by atoms with van der Waals surface area (Å²) in [5, 5.41) is 3.33. The molecule has 0 spiro atoms. The Bertz CT molecular complexity index is 590. The van der Waals surface area contributed by atoms with Crippen LogP contribution in [-0.4, -0.2) is 11.5 Å². The number of benzene rings is 1. The van der Waals surface area contributed by atoms with Crippen molar-refractivity contribution in [1.82, 2.24) is 10.3 Å². The topological polar surface area (TPSA) is 24.9 Å². The molecule has 1 heterocycles. The first-order valence-corrected chi connectivity index (χ1v) is 7.20. The SMILES string of the molecule is CCCNC(c1cncc(Br)c1)c1ccc(F)c(F)c1. The van der Waals surface area contributed by atoms with E-state index in [1.807, 2.05) is 6.07 Å². The Kier molecular flexibility index (Phi) is 5.20. The number of hydrogen-bond acceptors (Lipinski definition) is 2. The van der Waals surface area contributed by atoms with Crippen molar-refractivity contribution in [3.63, 3.8) is 0 Å². The second-order valence-electron chi connectivity index (χ2n) is 4.50. The van der Waals surface area contributed by atoms with E-state index in [1.165, 1.54) is 6.07 Å². The van der Waals surface area contributed by atoms with Crippen molar-refractivity contribution in [3.8, 4) is 0 Å². The molecule has 1 aromatic carbocycles. The van der Waals surface area contributed by atoms with Crippen LogP contribution in [0.1, 0.15) is 30.5 Å². The van der Waals surface area contributed by atoms with Gasteiger partial charge in [-0.2, -0.15) is 0 Å². The van der Waals surface area contributed by atoms with E-state index in [0.717, 1.165) is 29.1 Å². The van der Waals surface area contributed by atoms with Crippen molar-refractivity contribution < 1.29 is 8.78 Å². The van der Waals surface area contributed by atoms with Crippen molar-refractivity contribution in [2.45, 2.75) is 19.4 Å². The summed E-state index contributed by atoms with van der Waals surface area (Å²) < 4.78 is 27.3. The molecule has 1 atom stereocenters. The van der Waals surface area contributed by atoms with Crippen LogP contribution in [0.3, 0.4) is 0 Å². The van der Waals surface area contributed by atoms with Gasteiger partial charge in [-0.15, -0.1) is 0 Å². The molecule has 2 nitrogen and oxygen atoms in total. The van der Waals surface area contributed by atoms with Gasteiger partial charge in [0.05, 0.1) is 6.04 Å². The fourth-order valence-corrected chi connectivity index (χ4v) is 2.38. The second kappa shape index (κ2) is 6.90. The summed E-state index contributed by atoms with van der Waals surface area (Å²) in [5.74, 6) is -1.68. The quantitative estimate of drug-likeness (QED) is 0.881. The molecule has 2 aromatic rings. The summed E-state index contributed by atoms with van der Waals surface area (Å²) in [6, 6.07) is 5.67. The Morgan fingerprint density at radius 3 is 2.60 bits per heavy atom. The molecule has 1 aromatic heterocycles. The normalized spacial score (nSPS) is 12.4. The molecule has 0 aliphatic heterocycles. The largest absolute Gasteiger partial charge is 0.306 e. The third-order valence-corrected chi connectivity index (χ3v) is 3.37. The zero-order valence-corrected chi connectivity index (χ0v) is 12.6. The van der Waals surface area contributed by atoms with Crippen molar-refractivity contribution in [2.75, 3.05) is 6.54 Å². The average Bonchev–Trinajstić information content (AvgIpc) is 2.43. The second-order valence-corrected chi connectivity index (χ2v) is 5.41. The minimum Gasteiger partial charge on any atom is -0.306 e. The van der Waals surface area contributed by atoms with Crippen LogP contribution < -0.4 is 5.32 Å². The number of pyridine rings is 1. The molecule has 2 rings (SSSR count). The maximum Gasteiger partial charge on any atom is 0.159 e. The van der Waals surface area contributed by atoms with Crippen molar-refractivity contribution in [3.05, 3.63) is 63.9 Å². The fourth-order valence-electron chi connectivity index (χ4n) is 1.99. The highest BCUT2D eigenvalue weighted by Crippen LogP contribution is 2.25. The number of aromatic nitrogens is 1. The third-order valence-electron chi connectivity index (χ3n) is 2.93. The van der Waals surface area contributed by atoms with E-state index in [-0.39, 0.29) is 6.04 Å². The smallest absolute Gasteiger partial charge is 0.159 e. The number of nitrogens with one attached hydrogen (secondary N) is 1. The predicted molar refractivity (Wildman–Crippen MR) is 78.4 cm³/mol. The average molecular weight is 341 g/mol. The summed E-state index contributed by atoms with van der Waals surface area (Å²) in [6.07, 6.45) is 4.35. The molecule has 5 heteroatoms. The highest BCUT2D eigenvalue weighted by atomic mass is 79.9. The maximum atomic E-state index is 13.4. The lowest BCUT2D eigenvalue weighted by Gasteiger charge is -2.19. The van der Waals surface area contributed by atoms with E-state index in [2.05, 4.69) is 33.2 Å². The van der Waals surface area contributed by atoms with Crippen LogP contribution in [0, 0.1) is 11.6 Å². The molecule has 0 amide bonds. The number of hydrogen-bond donors (Lipinski definition) is 1. The Labute approximate surface area is 125 Å². The van der Waals surface area contributed by atoms with Gasteiger partial charge < -0.3 is 5.32 Å². The lowest BCUT2D eigenvalue weighted by atomic mass is 10.00. The zero-order chi connectivity index (χ0) is 14.5. The third kappa shape index (κ3) is 3.61. The molecular weight excluding hydrogens is 326 g/mol.